The van der Waals surface area contributed by atoms with E-state index in [4.69, 9.17) is 13.8 Å². The van der Waals surface area contributed by atoms with Crippen molar-refractivity contribution in [2.75, 3.05) is 40.9 Å². The normalized spacial score (nSPS) is 14.4. The van der Waals surface area contributed by atoms with E-state index in [1.165, 1.54) is 122 Å². The molecule has 3 unspecified atom stereocenters. The highest BCUT2D eigenvalue weighted by atomic mass is 31.2. The standard InChI is InChI=1S/C59H107N2O7P/c1-7-10-13-16-19-22-25-28-30-31-32-34-37-40-43-46-49-52-59(63)68-57(50-47-44-41-38-35-27-24-21-18-15-12-9-3)56(55-67-69(64,65)66-54-53-61(4,5)6)60-58(62)51-48-45-42-39-36-33-29-26-23-20-17-14-11-8-2/h19,22,28,30,32-34,36,40,43,47,50,56-57H,7-18,20-21,23-27,29,31,35,37-39,41-42,44-46,48-49,51-55H2,1-6H3,(H-,60,62,64,65)/b22-19-,30-28-,34-32-,36-33-,43-40-,50-47+. The van der Waals surface area contributed by atoms with E-state index in [1.54, 1.807) is 6.08 Å². The zero-order chi connectivity index (χ0) is 50.8. The third-order valence-electron chi connectivity index (χ3n) is 12.1. The predicted octanol–water partition coefficient (Wildman–Crippen LogP) is 16.3. The Kier molecular flexibility index (Phi) is 47.2. The highest BCUT2D eigenvalue weighted by molar-refractivity contribution is 7.45. The van der Waals surface area contributed by atoms with Gasteiger partial charge in [0, 0.05) is 12.8 Å². The minimum absolute atomic E-state index is 0.0355. The van der Waals surface area contributed by atoms with Crippen molar-refractivity contribution in [1.82, 2.24) is 5.32 Å². The summed E-state index contributed by atoms with van der Waals surface area (Å²) in [6.45, 7) is 6.75. The maximum atomic E-state index is 13.4. The van der Waals surface area contributed by atoms with Gasteiger partial charge in [-0.1, -0.05) is 203 Å². The number of unbranched alkanes of at least 4 members (excludes halogenated alkanes) is 24. The molecule has 9 nitrogen and oxygen atoms in total. The van der Waals surface area contributed by atoms with Gasteiger partial charge in [-0.05, 0) is 96.0 Å². The molecule has 0 radical (unpaired) electrons. The molecule has 10 heteroatoms. The Bertz CT molecular complexity index is 1420. The molecule has 0 aromatic rings. The van der Waals surface area contributed by atoms with Gasteiger partial charge in [0.2, 0.25) is 5.91 Å². The number of quaternary nitrogens is 1. The Morgan fingerprint density at radius 1 is 0.507 bits per heavy atom. The zero-order valence-corrected chi connectivity index (χ0v) is 46.4. The number of carbonyl (C=O) groups is 2. The number of phosphoric ester groups is 1. The SMILES string of the molecule is CCCCC/C=C\C/C=C\C/C=C\C/C=C\CCCC(=O)OC(/C=C/CCCCCCCCCCCC)C(COP(=O)([O-])OCC[N+](C)(C)C)NC(=O)CCCCC/C=C\CCCCCCCCC. The summed E-state index contributed by atoms with van der Waals surface area (Å²) in [5.74, 6) is -0.627. The van der Waals surface area contributed by atoms with Gasteiger partial charge >= 0.3 is 5.97 Å². The van der Waals surface area contributed by atoms with E-state index in [9.17, 15) is 19.0 Å². The van der Waals surface area contributed by atoms with Crippen molar-refractivity contribution in [1.29, 1.82) is 0 Å². The predicted molar refractivity (Wildman–Crippen MR) is 293 cm³/mol. The number of nitrogens with zero attached hydrogens (tertiary/aromatic N) is 1. The van der Waals surface area contributed by atoms with E-state index in [2.05, 4.69) is 86.8 Å². The Hall–Kier alpha value is -2.55. The second-order valence-electron chi connectivity index (χ2n) is 20.1. The van der Waals surface area contributed by atoms with Crippen molar-refractivity contribution in [3.05, 3.63) is 72.9 Å². The number of allylic oxidation sites excluding steroid dienone is 11. The van der Waals surface area contributed by atoms with Gasteiger partial charge in [0.15, 0.2) is 0 Å². The highest BCUT2D eigenvalue weighted by Gasteiger charge is 2.27. The zero-order valence-electron chi connectivity index (χ0n) is 45.5. The van der Waals surface area contributed by atoms with E-state index in [1.807, 2.05) is 27.2 Å². The lowest BCUT2D eigenvalue weighted by molar-refractivity contribution is -0.870. The van der Waals surface area contributed by atoms with Crippen LogP contribution in [0, 0.1) is 0 Å². The highest BCUT2D eigenvalue weighted by Crippen LogP contribution is 2.38. The molecule has 0 aliphatic heterocycles. The average molecular weight is 987 g/mol. The van der Waals surface area contributed by atoms with Gasteiger partial charge in [0.1, 0.15) is 19.3 Å². The fourth-order valence-electron chi connectivity index (χ4n) is 7.68. The second-order valence-corrected chi connectivity index (χ2v) is 21.5. The summed E-state index contributed by atoms with van der Waals surface area (Å²) in [4.78, 5) is 39.8. The first kappa shape index (κ1) is 66.5. The molecule has 69 heavy (non-hydrogen) atoms. The molecule has 0 rings (SSSR count). The topological polar surface area (TPSA) is 114 Å². The molecule has 0 aliphatic carbocycles. The Morgan fingerprint density at radius 3 is 1.39 bits per heavy atom. The quantitative estimate of drug-likeness (QED) is 0.0212. The number of hydrogen-bond donors (Lipinski definition) is 1. The number of likely N-dealkylation sites (N-methyl/N-ethyl adjacent to an activating group) is 1. The van der Waals surface area contributed by atoms with Crippen LogP contribution in [-0.4, -0.2) is 69.4 Å². The van der Waals surface area contributed by atoms with Crippen LogP contribution in [0.5, 0.6) is 0 Å². The van der Waals surface area contributed by atoms with Crippen LogP contribution < -0.4 is 10.2 Å². The summed E-state index contributed by atoms with van der Waals surface area (Å²) in [7, 11) is 1.14. The maximum absolute atomic E-state index is 13.4. The van der Waals surface area contributed by atoms with Gasteiger partial charge < -0.3 is 28.5 Å². The monoisotopic (exact) mass is 987 g/mol. The molecule has 400 valence electrons. The van der Waals surface area contributed by atoms with E-state index in [0.717, 1.165) is 70.6 Å². The third kappa shape index (κ3) is 50.2. The minimum atomic E-state index is -4.71. The molecule has 0 aromatic heterocycles. The summed E-state index contributed by atoms with van der Waals surface area (Å²) in [6.07, 6.45) is 61.6. The number of phosphoric acid groups is 1. The molecule has 0 fully saturated rings. The molecule has 0 aromatic carbocycles. The van der Waals surface area contributed by atoms with Gasteiger partial charge in [0.25, 0.3) is 7.82 Å². The first-order valence-corrected chi connectivity index (χ1v) is 29.7. The van der Waals surface area contributed by atoms with Crippen LogP contribution >= 0.6 is 7.82 Å². The molecule has 0 aliphatic rings. The summed E-state index contributed by atoms with van der Waals surface area (Å²) < 4.78 is 30.1. The van der Waals surface area contributed by atoms with Gasteiger partial charge in [-0.15, -0.1) is 0 Å². The van der Waals surface area contributed by atoms with Crippen LogP contribution in [0.2, 0.25) is 0 Å². The van der Waals surface area contributed by atoms with Crippen LogP contribution in [0.4, 0.5) is 0 Å². The molecule has 3 atom stereocenters. The molecular weight excluding hydrogens is 880 g/mol. The van der Waals surface area contributed by atoms with Gasteiger partial charge in [0.05, 0.1) is 33.8 Å². The number of hydrogen-bond acceptors (Lipinski definition) is 7. The third-order valence-corrected chi connectivity index (χ3v) is 13.1. The molecule has 0 heterocycles. The fraction of sp³-hybridized carbons (Fsp3) is 0.763. The van der Waals surface area contributed by atoms with Gasteiger partial charge in [-0.25, -0.2) is 0 Å². The number of ether oxygens (including phenoxy) is 1. The Labute approximate surface area is 425 Å². The number of esters is 1. The molecule has 0 bridgehead atoms. The van der Waals surface area contributed by atoms with Crippen molar-refractivity contribution in [2.45, 2.75) is 251 Å². The van der Waals surface area contributed by atoms with Crippen LogP contribution in [0.3, 0.4) is 0 Å². The van der Waals surface area contributed by atoms with Crippen molar-refractivity contribution < 1.29 is 37.3 Å². The van der Waals surface area contributed by atoms with Crippen LogP contribution in [0.1, 0.15) is 239 Å². The summed E-state index contributed by atoms with van der Waals surface area (Å²) in [6, 6.07) is -0.919. The van der Waals surface area contributed by atoms with Crippen LogP contribution in [0.25, 0.3) is 0 Å². The fourth-order valence-corrected chi connectivity index (χ4v) is 8.41. The van der Waals surface area contributed by atoms with Gasteiger partial charge in [-0.3, -0.25) is 14.2 Å². The minimum Gasteiger partial charge on any atom is -0.756 e. The summed E-state index contributed by atoms with van der Waals surface area (Å²) in [5, 5.41) is 2.99. The first-order chi connectivity index (χ1) is 33.4. The van der Waals surface area contributed by atoms with E-state index in [0.29, 0.717) is 23.9 Å². The summed E-state index contributed by atoms with van der Waals surface area (Å²) in [5.41, 5.74) is 0. The number of amides is 1. The van der Waals surface area contributed by atoms with Crippen molar-refractivity contribution >= 4 is 19.7 Å². The van der Waals surface area contributed by atoms with Crippen molar-refractivity contribution in [2.24, 2.45) is 0 Å². The first-order valence-electron chi connectivity index (χ1n) is 28.2. The number of carbonyl (C=O) groups excluding carboxylic acids is 2. The van der Waals surface area contributed by atoms with E-state index < -0.39 is 32.5 Å². The maximum Gasteiger partial charge on any atom is 0.306 e. The molecule has 1 amide bonds. The Balaban J connectivity index is 5.49. The molecule has 0 saturated carbocycles. The largest absolute Gasteiger partial charge is 0.756 e. The lowest BCUT2D eigenvalue weighted by Crippen LogP contribution is -2.47. The smallest absolute Gasteiger partial charge is 0.306 e. The molecular formula is C59H107N2O7P. The average Bonchev–Trinajstić information content (AvgIpc) is 3.31. The van der Waals surface area contributed by atoms with E-state index in [-0.39, 0.29) is 25.4 Å². The van der Waals surface area contributed by atoms with E-state index >= 15 is 0 Å². The second kappa shape index (κ2) is 49.0. The van der Waals surface area contributed by atoms with Crippen LogP contribution in [0.15, 0.2) is 72.9 Å². The van der Waals surface area contributed by atoms with Crippen molar-refractivity contribution in [3.8, 4) is 0 Å². The summed E-state index contributed by atoms with van der Waals surface area (Å²) >= 11 is 0. The lowest BCUT2D eigenvalue weighted by atomic mass is 10.1. The number of nitrogens with one attached hydrogen (secondary N) is 1. The van der Waals surface area contributed by atoms with Crippen LogP contribution in [-0.2, 0) is 27.9 Å². The molecule has 1 N–H and O–H groups in total. The van der Waals surface area contributed by atoms with Gasteiger partial charge in [-0.2, -0.15) is 0 Å². The Morgan fingerprint density at radius 2 is 0.899 bits per heavy atom. The molecule has 0 saturated heterocycles. The number of rotatable bonds is 50. The lowest BCUT2D eigenvalue weighted by Gasteiger charge is -2.30. The molecule has 0 spiro atoms. The van der Waals surface area contributed by atoms with Crippen molar-refractivity contribution in [3.63, 3.8) is 0 Å².